The second kappa shape index (κ2) is 1.19. The zero-order valence-electron chi connectivity index (χ0n) is 3.52. The summed E-state index contributed by atoms with van der Waals surface area (Å²) in [4.78, 5) is 19.1. The molecule has 0 amide bonds. The maximum Gasteiger partial charge on any atom is 0.129 e. The molecule has 0 aliphatic heterocycles. The Hall–Kier alpha value is -1.10. The maximum absolute atomic E-state index is 9.57. The van der Waals surface area contributed by atoms with E-state index in [2.05, 4.69) is 0 Å². The van der Waals surface area contributed by atoms with Crippen LogP contribution in [-0.2, 0) is 9.59 Å². The lowest BCUT2D eigenvalue weighted by Gasteiger charge is -1.40. The summed E-state index contributed by atoms with van der Waals surface area (Å²) in [5.41, 5.74) is 0.963. The van der Waals surface area contributed by atoms with E-state index in [1.54, 1.807) is 11.9 Å². The Morgan fingerprint density at radius 3 is 1.71 bits per heavy atom. The maximum atomic E-state index is 9.57. The molecule has 34 valence electrons. The van der Waals surface area contributed by atoms with E-state index in [-0.39, 0.29) is 0 Å². The van der Waals surface area contributed by atoms with E-state index in [4.69, 9.17) is 0 Å². The van der Waals surface area contributed by atoms with Crippen molar-refractivity contribution >= 4 is 11.9 Å². The highest BCUT2D eigenvalue weighted by Gasteiger charge is 2.23. The summed E-state index contributed by atoms with van der Waals surface area (Å²) in [6.45, 7) is 0. The Kier molecular flexibility index (Phi) is 0.694. The smallest absolute Gasteiger partial charge is 0.129 e. The van der Waals surface area contributed by atoms with Gasteiger partial charge in [0.15, 0.2) is 0 Å². The van der Waals surface area contributed by atoms with Gasteiger partial charge in [-0.3, -0.25) is 0 Å². The van der Waals surface area contributed by atoms with Crippen molar-refractivity contribution in [2.24, 2.45) is 0 Å². The molecular formula is C5H2O2. The van der Waals surface area contributed by atoms with Crippen molar-refractivity contribution < 1.29 is 9.59 Å². The number of carbonyl (C=O) groups excluding carboxylic acids is 2. The normalized spacial score (nSPS) is 15.4. The fourth-order valence-electron chi connectivity index (χ4n) is 0.328. The zero-order chi connectivity index (χ0) is 5.28. The lowest BCUT2D eigenvalue weighted by molar-refractivity contribution is 0.566. The van der Waals surface area contributed by atoms with Crippen LogP contribution in [0.2, 0.25) is 0 Å². The average Bonchev–Trinajstić information content (AvgIpc) is 2.43. The summed E-state index contributed by atoms with van der Waals surface area (Å²) in [5.74, 6) is 3.21. The predicted octanol–water partition coefficient (Wildman–Crippen LogP) is -0.0939. The van der Waals surface area contributed by atoms with Gasteiger partial charge in [-0.25, -0.2) is 9.59 Å². The highest BCUT2D eigenvalue weighted by molar-refractivity contribution is 5.82. The lowest BCUT2D eigenvalue weighted by atomic mass is 10.6. The minimum Gasteiger partial charge on any atom is -0.233 e. The van der Waals surface area contributed by atoms with Crippen LogP contribution in [0, 0.1) is 0 Å². The largest absolute Gasteiger partial charge is 0.233 e. The van der Waals surface area contributed by atoms with Gasteiger partial charge < -0.3 is 0 Å². The van der Waals surface area contributed by atoms with E-state index in [1.807, 2.05) is 0 Å². The monoisotopic (exact) mass is 94.0 g/mol. The molecule has 0 aromatic rings. The van der Waals surface area contributed by atoms with Gasteiger partial charge in [-0.1, -0.05) is 0 Å². The Morgan fingerprint density at radius 1 is 1.14 bits per heavy atom. The van der Waals surface area contributed by atoms with Crippen molar-refractivity contribution in [2.75, 3.05) is 0 Å². The summed E-state index contributed by atoms with van der Waals surface area (Å²) in [6, 6.07) is 0. The van der Waals surface area contributed by atoms with Crippen LogP contribution in [0.1, 0.15) is 6.42 Å². The molecule has 0 saturated heterocycles. The van der Waals surface area contributed by atoms with Crippen LogP contribution < -0.4 is 0 Å². The van der Waals surface area contributed by atoms with E-state index < -0.39 is 0 Å². The zero-order valence-corrected chi connectivity index (χ0v) is 3.52. The number of hydrogen-bond donors (Lipinski definition) is 0. The van der Waals surface area contributed by atoms with E-state index in [9.17, 15) is 9.59 Å². The molecule has 0 heterocycles. The molecule has 0 N–H and O–H groups in total. The highest BCUT2D eigenvalue weighted by atomic mass is 16.1. The van der Waals surface area contributed by atoms with Gasteiger partial charge in [-0.15, -0.1) is 0 Å². The molecule has 0 bridgehead atoms. The van der Waals surface area contributed by atoms with Gasteiger partial charge in [0, 0.05) is 6.42 Å². The first kappa shape index (κ1) is 4.07. The third-order valence-electron chi connectivity index (χ3n) is 0.839. The molecule has 1 aliphatic carbocycles. The molecule has 2 nitrogen and oxygen atoms in total. The highest BCUT2D eigenvalue weighted by Crippen LogP contribution is 2.30. The lowest BCUT2D eigenvalue weighted by Crippen LogP contribution is -1.46. The minimum atomic E-state index is 0.481. The fourth-order valence-corrected chi connectivity index (χ4v) is 0.328. The molecule has 0 atom stereocenters. The van der Waals surface area contributed by atoms with Crippen molar-refractivity contribution in [1.29, 1.82) is 0 Å². The molecular weight excluding hydrogens is 92.1 g/mol. The Morgan fingerprint density at radius 2 is 1.57 bits per heavy atom. The van der Waals surface area contributed by atoms with E-state index >= 15 is 0 Å². The SMILES string of the molecule is O=C=C1CC1=C=O. The van der Waals surface area contributed by atoms with Crippen molar-refractivity contribution in [3.05, 3.63) is 11.1 Å². The first-order valence-electron chi connectivity index (χ1n) is 1.87. The van der Waals surface area contributed by atoms with Crippen molar-refractivity contribution in [3.8, 4) is 0 Å². The number of allylic oxidation sites excluding steroid dienone is 2. The molecule has 0 radical (unpaired) electrons. The molecule has 2 heteroatoms. The second-order valence-electron chi connectivity index (χ2n) is 1.34. The van der Waals surface area contributed by atoms with Gasteiger partial charge in [-0.2, -0.15) is 0 Å². The molecule has 0 aromatic heterocycles. The fraction of sp³-hybridized carbons (Fsp3) is 0.200. The number of hydrogen-bond acceptors (Lipinski definition) is 2. The third kappa shape index (κ3) is 0.520. The number of rotatable bonds is 0. The van der Waals surface area contributed by atoms with Gasteiger partial charge in [-0.05, 0) is 0 Å². The molecule has 0 spiro atoms. The standard InChI is InChI=1S/C5H2O2/c6-2-4-1-5(4)3-7/h1H2. The van der Waals surface area contributed by atoms with E-state index in [0.717, 1.165) is 0 Å². The predicted molar refractivity (Wildman–Crippen MR) is 23.0 cm³/mol. The molecule has 7 heavy (non-hydrogen) atoms. The first-order chi connectivity index (χ1) is 3.38. The van der Waals surface area contributed by atoms with E-state index in [0.29, 0.717) is 17.6 Å². The van der Waals surface area contributed by atoms with Crippen LogP contribution in [0.3, 0.4) is 0 Å². The van der Waals surface area contributed by atoms with Crippen LogP contribution in [0.25, 0.3) is 0 Å². The molecule has 0 unspecified atom stereocenters. The van der Waals surface area contributed by atoms with Gasteiger partial charge in [0.2, 0.25) is 0 Å². The van der Waals surface area contributed by atoms with Gasteiger partial charge in [0.05, 0.1) is 11.1 Å². The Balaban J connectivity index is 3.01. The van der Waals surface area contributed by atoms with Crippen LogP contribution >= 0.6 is 0 Å². The van der Waals surface area contributed by atoms with Crippen LogP contribution in [0.4, 0.5) is 0 Å². The summed E-state index contributed by atoms with van der Waals surface area (Å²) in [5, 5.41) is 0. The third-order valence-corrected chi connectivity index (χ3v) is 0.839. The van der Waals surface area contributed by atoms with Crippen LogP contribution in [0.15, 0.2) is 11.1 Å². The van der Waals surface area contributed by atoms with Crippen LogP contribution in [-0.4, -0.2) is 11.9 Å². The van der Waals surface area contributed by atoms with Crippen LogP contribution in [0.5, 0.6) is 0 Å². The molecule has 1 fully saturated rings. The molecule has 0 aromatic carbocycles. The minimum absolute atomic E-state index is 0.481. The van der Waals surface area contributed by atoms with Crippen molar-refractivity contribution in [3.63, 3.8) is 0 Å². The van der Waals surface area contributed by atoms with Gasteiger partial charge >= 0.3 is 0 Å². The molecule has 1 aliphatic rings. The molecule has 1 saturated carbocycles. The van der Waals surface area contributed by atoms with Crippen molar-refractivity contribution in [1.82, 2.24) is 0 Å². The summed E-state index contributed by atoms with van der Waals surface area (Å²) >= 11 is 0. The Bertz CT molecular complexity index is 168. The van der Waals surface area contributed by atoms with E-state index in [1.165, 1.54) is 0 Å². The second-order valence-corrected chi connectivity index (χ2v) is 1.34. The summed E-state index contributed by atoms with van der Waals surface area (Å²) < 4.78 is 0. The van der Waals surface area contributed by atoms with Crippen molar-refractivity contribution in [2.45, 2.75) is 6.42 Å². The van der Waals surface area contributed by atoms with Gasteiger partial charge in [0.25, 0.3) is 0 Å². The Labute approximate surface area is 40.1 Å². The molecule has 1 rings (SSSR count). The summed E-state index contributed by atoms with van der Waals surface area (Å²) in [7, 11) is 0. The quantitative estimate of drug-likeness (QED) is 0.393. The summed E-state index contributed by atoms with van der Waals surface area (Å²) in [6.07, 6.45) is 0.507. The van der Waals surface area contributed by atoms with Gasteiger partial charge in [0.1, 0.15) is 11.9 Å². The average molecular weight is 94.1 g/mol. The topological polar surface area (TPSA) is 34.1 Å². The first-order valence-corrected chi connectivity index (χ1v) is 1.87.